The SMILES string of the molecule is Cc1ccc(-c2c(C)c3c(c(C)c2[C@H](OC(C)(C)C)C(=O)O)CN(C(=O)c2cc(F)cc(C(=O)O)c2)C3)cc1. The summed E-state index contributed by atoms with van der Waals surface area (Å²) in [6.07, 6.45) is -1.25. The number of aromatic carboxylic acids is 1. The summed E-state index contributed by atoms with van der Waals surface area (Å²) in [4.78, 5) is 38.9. The van der Waals surface area contributed by atoms with Crippen molar-refractivity contribution in [3.05, 3.63) is 92.8 Å². The molecule has 0 spiro atoms. The van der Waals surface area contributed by atoms with Gasteiger partial charge in [0.2, 0.25) is 0 Å². The number of nitrogens with zero attached hydrogens (tertiary/aromatic N) is 1. The van der Waals surface area contributed by atoms with E-state index in [0.29, 0.717) is 11.1 Å². The summed E-state index contributed by atoms with van der Waals surface area (Å²) in [5.74, 6) is -3.76. The van der Waals surface area contributed by atoms with Crippen LogP contribution in [0.3, 0.4) is 0 Å². The number of rotatable bonds is 6. The lowest BCUT2D eigenvalue weighted by atomic mass is 9.83. The van der Waals surface area contributed by atoms with Gasteiger partial charge in [0.05, 0.1) is 11.2 Å². The second-order valence-electron chi connectivity index (χ2n) is 11.0. The van der Waals surface area contributed by atoms with E-state index in [1.54, 1.807) is 20.8 Å². The van der Waals surface area contributed by atoms with Gasteiger partial charge in [0, 0.05) is 24.2 Å². The molecule has 1 atom stereocenters. The first-order valence-electron chi connectivity index (χ1n) is 12.6. The van der Waals surface area contributed by atoms with Crippen molar-refractivity contribution >= 4 is 17.8 Å². The number of aryl methyl sites for hydroxylation is 1. The summed E-state index contributed by atoms with van der Waals surface area (Å²) >= 11 is 0. The minimum absolute atomic E-state index is 0.0611. The molecule has 8 heteroatoms. The minimum Gasteiger partial charge on any atom is -0.479 e. The largest absolute Gasteiger partial charge is 0.479 e. The van der Waals surface area contributed by atoms with Crippen LogP contribution in [0.4, 0.5) is 4.39 Å². The smallest absolute Gasteiger partial charge is 0.337 e. The van der Waals surface area contributed by atoms with Crippen LogP contribution >= 0.6 is 0 Å². The number of hydrogen-bond donors (Lipinski definition) is 2. The minimum atomic E-state index is -1.33. The molecule has 39 heavy (non-hydrogen) atoms. The van der Waals surface area contributed by atoms with Gasteiger partial charge in [0.25, 0.3) is 5.91 Å². The second-order valence-corrected chi connectivity index (χ2v) is 11.0. The van der Waals surface area contributed by atoms with Crippen LogP contribution in [-0.2, 0) is 22.6 Å². The van der Waals surface area contributed by atoms with E-state index in [9.17, 15) is 29.0 Å². The van der Waals surface area contributed by atoms with E-state index in [4.69, 9.17) is 4.74 Å². The third-order valence-electron chi connectivity index (χ3n) is 6.99. The summed E-state index contributed by atoms with van der Waals surface area (Å²) in [7, 11) is 0. The van der Waals surface area contributed by atoms with Crippen LogP contribution in [0.1, 0.15) is 81.0 Å². The molecular weight excluding hydrogens is 501 g/mol. The summed E-state index contributed by atoms with van der Waals surface area (Å²) in [5, 5.41) is 19.6. The Morgan fingerprint density at radius 2 is 1.46 bits per heavy atom. The van der Waals surface area contributed by atoms with E-state index in [1.807, 2.05) is 45.0 Å². The Bertz CT molecular complexity index is 1490. The van der Waals surface area contributed by atoms with Gasteiger partial charge in [0.1, 0.15) is 5.82 Å². The molecule has 1 aliphatic rings. The van der Waals surface area contributed by atoms with E-state index in [0.717, 1.165) is 51.6 Å². The van der Waals surface area contributed by atoms with E-state index in [2.05, 4.69) is 0 Å². The quantitative estimate of drug-likeness (QED) is 0.390. The number of ether oxygens (including phenoxy) is 1. The van der Waals surface area contributed by atoms with E-state index >= 15 is 0 Å². The lowest BCUT2D eigenvalue weighted by Crippen LogP contribution is -2.28. The fourth-order valence-corrected chi connectivity index (χ4v) is 5.19. The maximum Gasteiger partial charge on any atom is 0.337 e. The van der Waals surface area contributed by atoms with E-state index < -0.39 is 35.4 Å². The van der Waals surface area contributed by atoms with Crippen molar-refractivity contribution in [2.75, 3.05) is 0 Å². The van der Waals surface area contributed by atoms with Gasteiger partial charge in [-0.2, -0.15) is 0 Å². The molecule has 0 aliphatic carbocycles. The van der Waals surface area contributed by atoms with Crippen molar-refractivity contribution in [1.29, 1.82) is 0 Å². The van der Waals surface area contributed by atoms with Crippen LogP contribution < -0.4 is 0 Å². The zero-order valence-corrected chi connectivity index (χ0v) is 22.9. The first-order chi connectivity index (χ1) is 18.2. The Morgan fingerprint density at radius 3 is 2.00 bits per heavy atom. The predicted molar refractivity (Wildman–Crippen MR) is 144 cm³/mol. The fraction of sp³-hybridized carbons (Fsp3) is 0.323. The highest BCUT2D eigenvalue weighted by molar-refractivity contribution is 5.98. The first kappa shape index (κ1) is 28.0. The highest BCUT2D eigenvalue weighted by Crippen LogP contribution is 2.44. The number of fused-ring (bicyclic) bond motifs is 1. The third-order valence-corrected chi connectivity index (χ3v) is 6.99. The maximum absolute atomic E-state index is 14.1. The van der Waals surface area contributed by atoms with Gasteiger partial charge in [0.15, 0.2) is 6.10 Å². The van der Waals surface area contributed by atoms with Gasteiger partial charge in [-0.3, -0.25) is 4.79 Å². The molecular formula is C31H32FNO6. The molecule has 7 nitrogen and oxygen atoms in total. The molecule has 0 bridgehead atoms. The van der Waals surface area contributed by atoms with Crippen molar-refractivity contribution in [2.24, 2.45) is 0 Å². The molecule has 204 valence electrons. The van der Waals surface area contributed by atoms with Gasteiger partial charge in [-0.05, 0) is 93.1 Å². The van der Waals surface area contributed by atoms with Crippen LogP contribution in [0.2, 0.25) is 0 Å². The van der Waals surface area contributed by atoms with Gasteiger partial charge in [-0.25, -0.2) is 14.0 Å². The highest BCUT2D eigenvalue weighted by atomic mass is 19.1. The lowest BCUT2D eigenvalue weighted by Gasteiger charge is -2.29. The first-order valence-corrected chi connectivity index (χ1v) is 12.6. The number of carbonyl (C=O) groups is 3. The highest BCUT2D eigenvalue weighted by Gasteiger charge is 2.36. The molecule has 0 radical (unpaired) electrons. The molecule has 0 aromatic heterocycles. The predicted octanol–water partition coefficient (Wildman–Crippen LogP) is 6.21. The van der Waals surface area contributed by atoms with Crippen molar-refractivity contribution in [1.82, 2.24) is 4.90 Å². The van der Waals surface area contributed by atoms with Gasteiger partial charge in [-0.15, -0.1) is 0 Å². The Morgan fingerprint density at radius 1 is 0.897 bits per heavy atom. The van der Waals surface area contributed by atoms with Crippen LogP contribution in [0.15, 0.2) is 42.5 Å². The molecule has 0 saturated carbocycles. The monoisotopic (exact) mass is 533 g/mol. The number of carbonyl (C=O) groups excluding carboxylic acids is 1. The zero-order valence-electron chi connectivity index (χ0n) is 22.9. The van der Waals surface area contributed by atoms with Gasteiger partial charge >= 0.3 is 11.9 Å². The summed E-state index contributed by atoms with van der Waals surface area (Å²) in [6, 6.07) is 10.9. The van der Waals surface area contributed by atoms with Crippen molar-refractivity contribution < 1.29 is 33.7 Å². The molecule has 4 rings (SSSR count). The average molecular weight is 534 g/mol. The molecule has 3 aromatic carbocycles. The number of aliphatic carboxylic acids is 1. The van der Waals surface area contributed by atoms with E-state index in [1.165, 1.54) is 4.90 Å². The van der Waals surface area contributed by atoms with Crippen LogP contribution in [0.25, 0.3) is 11.1 Å². The number of amides is 1. The topological polar surface area (TPSA) is 104 Å². The Kier molecular flexibility index (Phi) is 7.36. The second kappa shape index (κ2) is 10.3. The van der Waals surface area contributed by atoms with Gasteiger partial charge in [-0.1, -0.05) is 29.8 Å². The molecule has 2 N–H and O–H groups in total. The van der Waals surface area contributed by atoms with E-state index in [-0.39, 0.29) is 24.2 Å². The number of hydrogen-bond acceptors (Lipinski definition) is 4. The van der Waals surface area contributed by atoms with Crippen molar-refractivity contribution in [2.45, 2.75) is 66.3 Å². The molecule has 1 amide bonds. The third kappa shape index (κ3) is 5.56. The fourth-order valence-electron chi connectivity index (χ4n) is 5.19. The molecule has 0 saturated heterocycles. The zero-order chi connectivity index (χ0) is 28.8. The summed E-state index contributed by atoms with van der Waals surface area (Å²) < 4.78 is 20.2. The van der Waals surface area contributed by atoms with Crippen molar-refractivity contribution in [3.63, 3.8) is 0 Å². The maximum atomic E-state index is 14.1. The Balaban J connectivity index is 1.88. The summed E-state index contributed by atoms with van der Waals surface area (Å²) in [5.41, 5.74) is 5.30. The lowest BCUT2D eigenvalue weighted by molar-refractivity contribution is -0.160. The number of carboxylic acid groups (broad SMARTS) is 2. The van der Waals surface area contributed by atoms with Crippen LogP contribution in [-0.4, -0.2) is 38.6 Å². The molecule has 0 unspecified atom stereocenters. The van der Waals surface area contributed by atoms with Crippen molar-refractivity contribution in [3.8, 4) is 11.1 Å². The standard InChI is InChI=1S/C31H32FNO6/c1-16-7-9-19(10-8-16)25-17(2)23-14-33(28(34)20-11-21(29(35)36)13-22(32)12-20)15-24(23)18(3)26(25)27(30(37)38)39-31(4,5)6/h7-13,27H,14-15H2,1-6H3,(H,35,36)(H,37,38)/t27-/m0/s1. The molecule has 0 fully saturated rings. The number of benzene rings is 3. The Hall–Kier alpha value is -4.04. The average Bonchev–Trinajstić information content (AvgIpc) is 3.30. The normalized spacial score (nSPS) is 13.8. The Labute approximate surface area is 226 Å². The number of carboxylic acids is 2. The molecule has 1 heterocycles. The van der Waals surface area contributed by atoms with Gasteiger partial charge < -0.3 is 19.8 Å². The molecule has 1 aliphatic heterocycles. The molecule has 3 aromatic rings. The number of halogens is 1. The summed E-state index contributed by atoms with van der Waals surface area (Å²) in [6.45, 7) is 11.5. The van der Waals surface area contributed by atoms with Crippen LogP contribution in [0, 0.1) is 26.6 Å². The van der Waals surface area contributed by atoms with Crippen LogP contribution in [0.5, 0.6) is 0 Å².